The highest BCUT2D eigenvalue weighted by Crippen LogP contribution is 2.25. The van der Waals surface area contributed by atoms with Gasteiger partial charge in [0.05, 0.1) is 0 Å². The monoisotopic (exact) mass is 490 g/mol. The lowest BCUT2D eigenvalue weighted by Crippen LogP contribution is -2.58. The number of guanidine groups is 1. The zero-order chi connectivity index (χ0) is 18.7. The van der Waals surface area contributed by atoms with E-state index in [1.807, 2.05) is 7.05 Å². The molecule has 0 saturated carbocycles. The molecule has 1 atom stereocenters. The minimum atomic E-state index is -0.00232. The van der Waals surface area contributed by atoms with Crippen LogP contribution < -0.4 is 16.0 Å². The largest absolute Gasteiger partial charge is 0.385 e. The van der Waals surface area contributed by atoms with Gasteiger partial charge in [0.15, 0.2) is 5.96 Å². The second-order valence-electron chi connectivity index (χ2n) is 6.87. The van der Waals surface area contributed by atoms with Gasteiger partial charge in [-0.15, -0.1) is 24.0 Å². The van der Waals surface area contributed by atoms with Gasteiger partial charge in [-0.2, -0.15) is 0 Å². The van der Waals surface area contributed by atoms with Crippen LogP contribution in [0.4, 0.5) is 0 Å². The van der Waals surface area contributed by atoms with E-state index in [1.54, 1.807) is 7.11 Å². The second-order valence-corrected chi connectivity index (χ2v) is 6.87. The van der Waals surface area contributed by atoms with Crippen LogP contribution in [0, 0.1) is 0 Å². The minimum Gasteiger partial charge on any atom is -0.385 e. The average molecular weight is 490 g/mol. The quantitative estimate of drug-likeness (QED) is 0.215. The van der Waals surface area contributed by atoms with Gasteiger partial charge >= 0.3 is 0 Å². The molecule has 1 aromatic rings. The summed E-state index contributed by atoms with van der Waals surface area (Å²) in [6.45, 7) is 6.22. The fourth-order valence-electron chi connectivity index (χ4n) is 3.32. The van der Waals surface area contributed by atoms with Crippen LogP contribution in [0.15, 0.2) is 35.3 Å². The Morgan fingerprint density at radius 3 is 2.56 bits per heavy atom. The number of rotatable bonds is 9. The number of nitrogens with zero attached hydrogens (tertiary/aromatic N) is 1. The fraction of sp³-hybridized carbons (Fsp3) is 0.650. The van der Waals surface area contributed by atoms with Crippen molar-refractivity contribution >= 4 is 29.9 Å². The first-order valence-electron chi connectivity index (χ1n) is 9.53. The number of methoxy groups -OCH3 is 1. The molecular formula is C20H35IN4O2. The van der Waals surface area contributed by atoms with Gasteiger partial charge in [-0.3, -0.25) is 4.99 Å². The topological polar surface area (TPSA) is 66.9 Å². The van der Waals surface area contributed by atoms with Gasteiger partial charge in [0, 0.05) is 58.6 Å². The highest BCUT2D eigenvalue weighted by Gasteiger charge is 2.34. The summed E-state index contributed by atoms with van der Waals surface area (Å²) in [5.41, 5.74) is 1.30. The molecule has 6 nitrogen and oxygen atoms in total. The summed E-state index contributed by atoms with van der Waals surface area (Å²) in [6, 6.07) is 10.9. The Kier molecular flexibility index (Phi) is 11.9. The zero-order valence-corrected chi connectivity index (χ0v) is 19.1. The van der Waals surface area contributed by atoms with E-state index in [-0.39, 0.29) is 35.6 Å². The Morgan fingerprint density at radius 2 is 1.93 bits per heavy atom. The third-order valence-corrected chi connectivity index (χ3v) is 4.91. The van der Waals surface area contributed by atoms with Crippen LogP contribution in [0.2, 0.25) is 0 Å². The van der Waals surface area contributed by atoms with Crippen molar-refractivity contribution in [2.45, 2.75) is 37.8 Å². The van der Waals surface area contributed by atoms with Gasteiger partial charge < -0.3 is 25.4 Å². The van der Waals surface area contributed by atoms with E-state index in [0.717, 1.165) is 58.1 Å². The molecule has 1 aromatic carbocycles. The van der Waals surface area contributed by atoms with Crippen LogP contribution in [0.1, 0.15) is 37.8 Å². The third-order valence-electron chi connectivity index (χ3n) is 4.91. The summed E-state index contributed by atoms with van der Waals surface area (Å²) in [6.07, 6.45) is 2.93. The standard InChI is InChI=1S/C20H34N4O2.HI/c1-17(18-8-5-4-6-9-18)24-20(10-14-26-15-11-20)16-23-19(21-2)22-12-7-13-25-3;/h4-6,8-9,17,24H,7,10-16H2,1-3H3,(H2,21,22,23);1H. The SMILES string of the molecule is CN=C(NCCCOC)NCC1(NC(C)c2ccccc2)CCOCC1.I. The molecule has 1 fully saturated rings. The molecule has 0 amide bonds. The van der Waals surface area contributed by atoms with E-state index in [0.29, 0.717) is 0 Å². The smallest absolute Gasteiger partial charge is 0.191 e. The summed E-state index contributed by atoms with van der Waals surface area (Å²) in [7, 11) is 3.53. The number of aliphatic imine (C=N–C) groups is 1. The van der Waals surface area contributed by atoms with Crippen LogP contribution in [0.3, 0.4) is 0 Å². The molecule has 0 spiro atoms. The number of benzene rings is 1. The first-order chi connectivity index (χ1) is 12.7. The molecule has 1 saturated heterocycles. The average Bonchev–Trinajstić information content (AvgIpc) is 2.69. The van der Waals surface area contributed by atoms with Crippen molar-refractivity contribution < 1.29 is 9.47 Å². The molecule has 7 heteroatoms. The van der Waals surface area contributed by atoms with E-state index >= 15 is 0 Å². The summed E-state index contributed by atoms with van der Waals surface area (Å²) >= 11 is 0. The number of halogens is 1. The molecule has 0 bridgehead atoms. The minimum absolute atomic E-state index is 0. The van der Waals surface area contributed by atoms with Crippen LogP contribution in [0.5, 0.6) is 0 Å². The summed E-state index contributed by atoms with van der Waals surface area (Å²) in [5.74, 6) is 0.834. The molecule has 1 aliphatic heterocycles. The molecule has 154 valence electrons. The van der Waals surface area contributed by atoms with Crippen molar-refractivity contribution in [2.24, 2.45) is 4.99 Å². The van der Waals surface area contributed by atoms with Crippen LogP contribution in [-0.4, -0.2) is 58.6 Å². The number of hydrogen-bond acceptors (Lipinski definition) is 4. The predicted molar refractivity (Wildman–Crippen MR) is 122 cm³/mol. The Bertz CT molecular complexity index is 536. The summed E-state index contributed by atoms with van der Waals surface area (Å²) < 4.78 is 10.7. The molecule has 0 radical (unpaired) electrons. The van der Waals surface area contributed by atoms with Crippen LogP contribution in [0.25, 0.3) is 0 Å². The predicted octanol–water partition coefficient (Wildman–Crippen LogP) is 2.71. The first kappa shape index (κ1) is 24.1. The van der Waals surface area contributed by atoms with Crippen molar-refractivity contribution in [3.8, 4) is 0 Å². The molecule has 2 rings (SSSR count). The lowest BCUT2D eigenvalue weighted by molar-refractivity contribution is 0.0355. The molecule has 1 unspecified atom stereocenters. The maximum absolute atomic E-state index is 5.61. The maximum Gasteiger partial charge on any atom is 0.191 e. The van der Waals surface area contributed by atoms with E-state index in [9.17, 15) is 0 Å². The molecule has 1 aliphatic rings. The summed E-state index contributed by atoms with van der Waals surface area (Å²) in [4.78, 5) is 4.33. The van der Waals surface area contributed by atoms with Crippen LogP contribution in [-0.2, 0) is 9.47 Å². The Morgan fingerprint density at radius 1 is 1.22 bits per heavy atom. The molecule has 3 N–H and O–H groups in total. The van der Waals surface area contributed by atoms with Crippen molar-refractivity contribution in [3.05, 3.63) is 35.9 Å². The van der Waals surface area contributed by atoms with Crippen molar-refractivity contribution in [3.63, 3.8) is 0 Å². The molecule has 0 aliphatic carbocycles. The number of ether oxygens (including phenoxy) is 2. The normalized spacial score (nSPS) is 17.7. The highest BCUT2D eigenvalue weighted by atomic mass is 127. The zero-order valence-electron chi connectivity index (χ0n) is 16.8. The van der Waals surface area contributed by atoms with Gasteiger partial charge in [0.2, 0.25) is 0 Å². The van der Waals surface area contributed by atoms with Gasteiger partial charge in [-0.25, -0.2) is 0 Å². The fourth-order valence-corrected chi connectivity index (χ4v) is 3.32. The molecule has 27 heavy (non-hydrogen) atoms. The van der Waals surface area contributed by atoms with Crippen molar-refractivity contribution in [1.82, 2.24) is 16.0 Å². The lowest BCUT2D eigenvalue weighted by Gasteiger charge is -2.41. The van der Waals surface area contributed by atoms with E-state index < -0.39 is 0 Å². The van der Waals surface area contributed by atoms with Gasteiger partial charge in [-0.1, -0.05) is 30.3 Å². The Labute approximate surface area is 180 Å². The lowest BCUT2D eigenvalue weighted by atomic mass is 9.88. The van der Waals surface area contributed by atoms with Gasteiger partial charge in [-0.05, 0) is 31.7 Å². The van der Waals surface area contributed by atoms with Crippen molar-refractivity contribution in [2.75, 3.05) is 47.1 Å². The van der Waals surface area contributed by atoms with E-state index in [4.69, 9.17) is 9.47 Å². The van der Waals surface area contributed by atoms with E-state index in [1.165, 1.54) is 5.56 Å². The van der Waals surface area contributed by atoms with Gasteiger partial charge in [0.1, 0.15) is 0 Å². The molecule has 1 heterocycles. The van der Waals surface area contributed by atoms with Crippen LogP contribution >= 0.6 is 24.0 Å². The Hall–Kier alpha value is -0.900. The van der Waals surface area contributed by atoms with Crippen molar-refractivity contribution in [1.29, 1.82) is 0 Å². The second kappa shape index (κ2) is 13.3. The van der Waals surface area contributed by atoms with E-state index in [2.05, 4.69) is 58.2 Å². The number of hydrogen-bond donors (Lipinski definition) is 3. The third kappa shape index (κ3) is 8.33. The summed E-state index contributed by atoms with van der Waals surface area (Å²) in [5, 5.41) is 10.7. The highest BCUT2D eigenvalue weighted by molar-refractivity contribution is 14.0. The Balaban J connectivity index is 0.00000364. The maximum atomic E-state index is 5.61. The molecule has 0 aromatic heterocycles. The first-order valence-corrected chi connectivity index (χ1v) is 9.53. The molecular weight excluding hydrogens is 455 g/mol. The number of nitrogens with one attached hydrogen (secondary N) is 3. The van der Waals surface area contributed by atoms with Gasteiger partial charge in [0.25, 0.3) is 0 Å².